The van der Waals surface area contributed by atoms with Crippen LogP contribution < -0.4 is 5.32 Å². The molecule has 0 aliphatic carbocycles. The van der Waals surface area contributed by atoms with Gasteiger partial charge in [0.15, 0.2) is 0 Å². The maximum atomic E-state index is 12.2. The van der Waals surface area contributed by atoms with E-state index in [9.17, 15) is 14.4 Å². The lowest BCUT2D eigenvalue weighted by atomic mass is 10.1. The summed E-state index contributed by atoms with van der Waals surface area (Å²) in [4.78, 5) is 37.6. The molecule has 23 heavy (non-hydrogen) atoms. The maximum absolute atomic E-state index is 12.2. The van der Waals surface area contributed by atoms with Crippen LogP contribution in [0.2, 0.25) is 0 Å². The molecule has 2 N–H and O–H groups in total. The Kier molecular flexibility index (Phi) is 6.15. The second-order valence-corrected chi connectivity index (χ2v) is 6.94. The molecule has 2 amide bonds. The Hall–Kier alpha value is -1.89. The molecule has 1 aromatic rings. The summed E-state index contributed by atoms with van der Waals surface area (Å²) in [6, 6.07) is 2.05. The molecule has 1 aliphatic heterocycles. The molecule has 0 bridgehead atoms. The largest absolute Gasteiger partial charge is 0.481 e. The van der Waals surface area contributed by atoms with Gasteiger partial charge in [0.2, 0.25) is 11.8 Å². The molecule has 0 saturated carbocycles. The topological polar surface area (TPSA) is 86.7 Å². The highest BCUT2D eigenvalue weighted by Crippen LogP contribution is 2.24. The van der Waals surface area contributed by atoms with Gasteiger partial charge in [0, 0.05) is 43.8 Å². The maximum Gasteiger partial charge on any atom is 0.303 e. The number of fused-ring (bicyclic) bond motifs is 1. The number of thiophene rings is 1. The number of carbonyl (C=O) groups is 3. The first-order valence-electron chi connectivity index (χ1n) is 7.77. The van der Waals surface area contributed by atoms with Gasteiger partial charge in [-0.05, 0) is 29.3 Å². The minimum Gasteiger partial charge on any atom is -0.481 e. The highest BCUT2D eigenvalue weighted by atomic mass is 32.1. The molecule has 0 radical (unpaired) electrons. The number of carboxylic acids is 1. The van der Waals surface area contributed by atoms with E-state index in [-0.39, 0.29) is 37.0 Å². The third-order valence-electron chi connectivity index (χ3n) is 3.90. The van der Waals surface area contributed by atoms with Crippen molar-refractivity contribution in [1.82, 2.24) is 10.2 Å². The van der Waals surface area contributed by atoms with Gasteiger partial charge in [0.05, 0.1) is 0 Å². The van der Waals surface area contributed by atoms with Crippen LogP contribution in [0.25, 0.3) is 0 Å². The molecule has 0 spiro atoms. The molecule has 126 valence electrons. The number of amides is 2. The quantitative estimate of drug-likeness (QED) is 0.791. The van der Waals surface area contributed by atoms with Crippen molar-refractivity contribution in [3.05, 3.63) is 21.9 Å². The first-order valence-corrected chi connectivity index (χ1v) is 8.65. The van der Waals surface area contributed by atoms with Crippen LogP contribution in [0, 0.1) is 5.92 Å². The lowest BCUT2D eigenvalue weighted by Gasteiger charge is -2.27. The third-order valence-corrected chi connectivity index (χ3v) is 4.92. The molecular weight excluding hydrogens is 316 g/mol. The standard InChI is InChI=1S/C16H22N2O4S/c1-11(8-16(21)22)9-17-14(19)2-3-15(20)18-6-4-13-12(10-18)5-7-23-13/h5,7,11H,2-4,6,8-10H2,1H3,(H,17,19)(H,21,22). The van der Waals surface area contributed by atoms with E-state index in [4.69, 9.17) is 5.11 Å². The number of nitrogens with zero attached hydrogens (tertiary/aromatic N) is 1. The summed E-state index contributed by atoms with van der Waals surface area (Å²) in [7, 11) is 0. The van der Waals surface area contributed by atoms with Gasteiger partial charge in [-0.3, -0.25) is 14.4 Å². The van der Waals surface area contributed by atoms with E-state index in [1.54, 1.807) is 23.2 Å². The van der Waals surface area contributed by atoms with Crippen LogP contribution in [0.15, 0.2) is 11.4 Å². The van der Waals surface area contributed by atoms with Crippen LogP contribution in [0.5, 0.6) is 0 Å². The van der Waals surface area contributed by atoms with Crippen LogP contribution in [0.4, 0.5) is 0 Å². The summed E-state index contributed by atoms with van der Waals surface area (Å²) in [5.41, 5.74) is 1.21. The predicted molar refractivity (Wildman–Crippen MR) is 87.1 cm³/mol. The van der Waals surface area contributed by atoms with Crippen molar-refractivity contribution in [2.75, 3.05) is 13.1 Å². The zero-order valence-corrected chi connectivity index (χ0v) is 14.0. The second kappa shape index (κ2) is 8.10. The van der Waals surface area contributed by atoms with E-state index in [1.165, 1.54) is 10.4 Å². The number of carboxylic acid groups (broad SMARTS) is 1. The fraction of sp³-hybridized carbons (Fsp3) is 0.562. The van der Waals surface area contributed by atoms with Gasteiger partial charge < -0.3 is 15.3 Å². The summed E-state index contributed by atoms with van der Waals surface area (Å²) in [6.45, 7) is 3.44. The van der Waals surface area contributed by atoms with Crippen molar-refractivity contribution in [3.63, 3.8) is 0 Å². The minimum atomic E-state index is -0.875. The number of hydrogen-bond donors (Lipinski definition) is 2. The van der Waals surface area contributed by atoms with E-state index in [0.29, 0.717) is 19.6 Å². The Bertz CT molecular complexity index is 584. The van der Waals surface area contributed by atoms with Gasteiger partial charge in [-0.25, -0.2) is 0 Å². The Balaban J connectivity index is 1.68. The molecule has 1 atom stereocenters. The first-order chi connectivity index (χ1) is 11.0. The number of rotatable bonds is 7. The first kappa shape index (κ1) is 17.5. The minimum absolute atomic E-state index is 0.00409. The van der Waals surface area contributed by atoms with E-state index in [0.717, 1.165) is 6.42 Å². The van der Waals surface area contributed by atoms with Gasteiger partial charge in [0.25, 0.3) is 0 Å². The highest BCUT2D eigenvalue weighted by Gasteiger charge is 2.21. The van der Waals surface area contributed by atoms with Gasteiger partial charge in [-0.2, -0.15) is 0 Å². The SMILES string of the molecule is CC(CNC(=O)CCC(=O)N1CCc2sccc2C1)CC(=O)O. The van der Waals surface area contributed by atoms with Crippen LogP contribution >= 0.6 is 11.3 Å². The normalized spacial score (nSPS) is 14.9. The number of hydrogen-bond acceptors (Lipinski definition) is 4. The van der Waals surface area contributed by atoms with E-state index >= 15 is 0 Å². The fourth-order valence-electron chi connectivity index (χ4n) is 2.59. The summed E-state index contributed by atoms with van der Waals surface area (Å²) in [6.07, 6.45) is 1.25. The van der Waals surface area contributed by atoms with Gasteiger partial charge in [-0.1, -0.05) is 6.92 Å². The average molecular weight is 338 g/mol. The summed E-state index contributed by atoms with van der Waals surface area (Å²) < 4.78 is 0. The van der Waals surface area contributed by atoms with Crippen molar-refractivity contribution < 1.29 is 19.5 Å². The van der Waals surface area contributed by atoms with E-state index in [2.05, 4.69) is 11.4 Å². The molecule has 2 rings (SSSR count). The summed E-state index contributed by atoms with van der Waals surface area (Å²) >= 11 is 1.73. The van der Waals surface area contributed by atoms with Crippen molar-refractivity contribution in [3.8, 4) is 0 Å². The summed E-state index contributed by atoms with van der Waals surface area (Å²) in [5, 5.41) is 13.4. The Morgan fingerprint density at radius 1 is 1.39 bits per heavy atom. The predicted octanol–water partition coefficient (Wildman–Crippen LogP) is 1.64. The molecule has 0 saturated heterocycles. The van der Waals surface area contributed by atoms with Crippen LogP contribution in [-0.2, 0) is 27.3 Å². The average Bonchev–Trinajstić information content (AvgIpc) is 2.97. The van der Waals surface area contributed by atoms with Crippen LogP contribution in [0.1, 0.15) is 36.6 Å². The molecular formula is C16H22N2O4S. The van der Waals surface area contributed by atoms with Gasteiger partial charge >= 0.3 is 5.97 Å². The van der Waals surface area contributed by atoms with Crippen molar-refractivity contribution in [2.24, 2.45) is 5.92 Å². The molecule has 6 nitrogen and oxygen atoms in total. The van der Waals surface area contributed by atoms with Crippen molar-refractivity contribution in [2.45, 2.75) is 39.2 Å². The zero-order chi connectivity index (χ0) is 16.8. The molecule has 7 heteroatoms. The van der Waals surface area contributed by atoms with Crippen molar-refractivity contribution in [1.29, 1.82) is 0 Å². The number of carbonyl (C=O) groups excluding carboxylic acids is 2. The molecule has 1 aromatic heterocycles. The smallest absolute Gasteiger partial charge is 0.303 e. The molecule has 1 unspecified atom stereocenters. The molecule has 1 aliphatic rings. The highest BCUT2D eigenvalue weighted by molar-refractivity contribution is 7.10. The zero-order valence-electron chi connectivity index (χ0n) is 13.2. The fourth-order valence-corrected chi connectivity index (χ4v) is 3.48. The molecule has 2 heterocycles. The lowest BCUT2D eigenvalue weighted by molar-refractivity contribution is -0.138. The monoisotopic (exact) mass is 338 g/mol. The Morgan fingerprint density at radius 3 is 2.91 bits per heavy atom. The van der Waals surface area contributed by atoms with Crippen LogP contribution in [-0.4, -0.2) is 40.9 Å². The number of nitrogens with one attached hydrogen (secondary N) is 1. The van der Waals surface area contributed by atoms with Crippen molar-refractivity contribution >= 4 is 29.1 Å². The Labute approximate surface area is 139 Å². The van der Waals surface area contributed by atoms with Gasteiger partial charge in [0.1, 0.15) is 0 Å². The Morgan fingerprint density at radius 2 is 2.17 bits per heavy atom. The van der Waals surface area contributed by atoms with E-state index < -0.39 is 5.97 Å². The second-order valence-electron chi connectivity index (χ2n) is 5.94. The van der Waals surface area contributed by atoms with E-state index in [1.807, 2.05) is 5.38 Å². The third kappa shape index (κ3) is 5.35. The lowest BCUT2D eigenvalue weighted by Crippen LogP contribution is -2.36. The number of aliphatic carboxylic acids is 1. The van der Waals surface area contributed by atoms with Crippen LogP contribution in [0.3, 0.4) is 0 Å². The molecule has 0 fully saturated rings. The summed E-state index contributed by atoms with van der Waals surface area (Å²) in [5.74, 6) is -1.20. The molecule has 0 aromatic carbocycles. The van der Waals surface area contributed by atoms with Gasteiger partial charge in [-0.15, -0.1) is 11.3 Å².